The topological polar surface area (TPSA) is 83.0 Å². The Balaban J connectivity index is 1.67. The Bertz CT molecular complexity index is 832. The number of piperidine rings is 1. The molecule has 1 saturated heterocycles. The van der Waals surface area contributed by atoms with Crippen molar-refractivity contribution in [2.45, 2.75) is 18.9 Å². The summed E-state index contributed by atoms with van der Waals surface area (Å²) in [5.41, 5.74) is 0.775. The number of carbonyl (C=O) groups excluding carboxylic acids is 1. The Hall–Kier alpha value is -3.29. The number of methoxy groups -OCH3 is 3. The van der Waals surface area contributed by atoms with Gasteiger partial charge in [-0.3, -0.25) is 4.79 Å². The maximum atomic E-state index is 12.7. The lowest BCUT2D eigenvalue weighted by Gasteiger charge is -2.31. The van der Waals surface area contributed by atoms with E-state index in [1.807, 2.05) is 0 Å². The number of nitrogens with zero attached hydrogens (tertiary/aromatic N) is 3. The van der Waals surface area contributed by atoms with Crippen LogP contribution in [0.25, 0.3) is 6.08 Å². The smallest absolute Gasteiger partial charge is 0.246 e. The van der Waals surface area contributed by atoms with E-state index in [9.17, 15) is 4.79 Å². The summed E-state index contributed by atoms with van der Waals surface area (Å²) in [6.07, 6.45) is 6.52. The van der Waals surface area contributed by atoms with Gasteiger partial charge in [0, 0.05) is 24.9 Å². The van der Waals surface area contributed by atoms with E-state index in [1.165, 1.54) is 0 Å². The standard InChI is InChI=1S/C21H25N3O5/c1-26-17-12-15(13-18(27-2)21(17)28-3)8-9-20(25)24-11-5-6-16(14-24)29-19-7-4-10-22-23-19/h4,7-10,12-13,16H,5-6,11,14H2,1-3H3/b9-8+. The lowest BCUT2D eigenvalue weighted by Crippen LogP contribution is -2.43. The highest BCUT2D eigenvalue weighted by atomic mass is 16.5. The van der Waals surface area contributed by atoms with E-state index in [0.717, 1.165) is 18.4 Å². The third kappa shape index (κ3) is 5.16. The molecule has 1 aromatic carbocycles. The van der Waals surface area contributed by atoms with Crippen LogP contribution in [0.15, 0.2) is 36.5 Å². The molecule has 3 rings (SSSR count). The van der Waals surface area contributed by atoms with E-state index in [0.29, 0.717) is 36.2 Å². The van der Waals surface area contributed by atoms with Crippen molar-refractivity contribution in [3.63, 3.8) is 0 Å². The summed E-state index contributed by atoms with van der Waals surface area (Å²) in [6.45, 7) is 1.20. The van der Waals surface area contributed by atoms with Gasteiger partial charge in [-0.15, -0.1) is 5.10 Å². The van der Waals surface area contributed by atoms with Crippen LogP contribution in [0.3, 0.4) is 0 Å². The highest BCUT2D eigenvalue weighted by Crippen LogP contribution is 2.38. The zero-order valence-corrected chi connectivity index (χ0v) is 16.8. The van der Waals surface area contributed by atoms with Crippen LogP contribution in [0.5, 0.6) is 23.1 Å². The summed E-state index contributed by atoms with van der Waals surface area (Å²) in [7, 11) is 4.66. The van der Waals surface area contributed by atoms with Crippen LogP contribution in [0.4, 0.5) is 0 Å². The van der Waals surface area contributed by atoms with Gasteiger partial charge in [0.25, 0.3) is 0 Å². The van der Waals surface area contributed by atoms with Crippen molar-refractivity contribution in [3.05, 3.63) is 42.1 Å². The second-order valence-corrected chi connectivity index (χ2v) is 6.52. The normalized spacial score (nSPS) is 16.5. The molecule has 0 radical (unpaired) electrons. The average Bonchev–Trinajstić information content (AvgIpc) is 2.77. The maximum Gasteiger partial charge on any atom is 0.246 e. The predicted octanol–water partition coefficient (Wildman–Crippen LogP) is 2.59. The van der Waals surface area contributed by atoms with E-state index < -0.39 is 0 Å². The monoisotopic (exact) mass is 399 g/mol. The molecule has 0 N–H and O–H groups in total. The van der Waals surface area contributed by atoms with Crippen LogP contribution in [-0.2, 0) is 4.79 Å². The molecule has 1 atom stereocenters. The lowest BCUT2D eigenvalue weighted by atomic mass is 10.1. The number of benzene rings is 1. The summed E-state index contributed by atoms with van der Waals surface area (Å²) in [6, 6.07) is 7.12. The number of rotatable bonds is 7. The predicted molar refractivity (Wildman–Crippen MR) is 107 cm³/mol. The van der Waals surface area contributed by atoms with Crippen LogP contribution in [-0.4, -0.2) is 61.5 Å². The minimum atomic E-state index is -0.0982. The molecule has 154 valence electrons. The van der Waals surface area contributed by atoms with Crippen molar-refractivity contribution in [1.82, 2.24) is 15.1 Å². The number of hydrogen-bond donors (Lipinski definition) is 0. The number of hydrogen-bond acceptors (Lipinski definition) is 7. The zero-order chi connectivity index (χ0) is 20.6. The zero-order valence-electron chi connectivity index (χ0n) is 16.8. The van der Waals surface area contributed by atoms with E-state index in [1.54, 1.807) is 68.8 Å². The van der Waals surface area contributed by atoms with Gasteiger partial charge in [0.1, 0.15) is 6.10 Å². The van der Waals surface area contributed by atoms with Crippen molar-refractivity contribution >= 4 is 12.0 Å². The first-order valence-electron chi connectivity index (χ1n) is 9.36. The van der Waals surface area contributed by atoms with Gasteiger partial charge in [-0.2, -0.15) is 5.10 Å². The molecule has 1 aliphatic heterocycles. The highest BCUT2D eigenvalue weighted by Gasteiger charge is 2.24. The number of amides is 1. The van der Waals surface area contributed by atoms with Crippen LogP contribution < -0.4 is 18.9 Å². The first kappa shape index (κ1) is 20.4. The molecule has 1 aliphatic rings. The molecule has 1 amide bonds. The third-order valence-corrected chi connectivity index (χ3v) is 4.63. The van der Waals surface area contributed by atoms with E-state index in [-0.39, 0.29) is 12.0 Å². The largest absolute Gasteiger partial charge is 0.493 e. The van der Waals surface area contributed by atoms with Crippen molar-refractivity contribution in [2.24, 2.45) is 0 Å². The Labute approximate surface area is 170 Å². The van der Waals surface area contributed by atoms with Gasteiger partial charge in [-0.05, 0) is 42.7 Å². The van der Waals surface area contributed by atoms with Gasteiger partial charge < -0.3 is 23.8 Å². The SMILES string of the molecule is COc1cc(/C=C/C(=O)N2CCCC(Oc3cccnn3)C2)cc(OC)c1OC. The molecule has 1 unspecified atom stereocenters. The molecule has 2 heterocycles. The van der Waals surface area contributed by atoms with Crippen molar-refractivity contribution in [3.8, 4) is 23.1 Å². The highest BCUT2D eigenvalue weighted by molar-refractivity contribution is 5.92. The second-order valence-electron chi connectivity index (χ2n) is 6.52. The fourth-order valence-corrected chi connectivity index (χ4v) is 3.23. The molecule has 2 aromatic rings. The Morgan fingerprint density at radius 3 is 2.55 bits per heavy atom. The molecule has 8 nitrogen and oxygen atoms in total. The molecule has 0 saturated carbocycles. The van der Waals surface area contributed by atoms with Gasteiger partial charge in [-0.1, -0.05) is 0 Å². The lowest BCUT2D eigenvalue weighted by molar-refractivity contribution is -0.128. The fourth-order valence-electron chi connectivity index (χ4n) is 3.23. The molecular formula is C21H25N3O5. The third-order valence-electron chi connectivity index (χ3n) is 4.63. The summed E-state index contributed by atoms with van der Waals surface area (Å²) in [5.74, 6) is 1.98. The minimum absolute atomic E-state index is 0.0776. The van der Waals surface area contributed by atoms with Crippen LogP contribution in [0, 0.1) is 0 Å². The molecule has 0 aliphatic carbocycles. The van der Waals surface area contributed by atoms with E-state index in [2.05, 4.69) is 10.2 Å². The Kier molecular flexibility index (Phi) is 6.89. The number of aromatic nitrogens is 2. The quantitative estimate of drug-likeness (QED) is 0.662. The van der Waals surface area contributed by atoms with Gasteiger partial charge in [0.15, 0.2) is 11.5 Å². The number of carbonyl (C=O) groups is 1. The van der Waals surface area contributed by atoms with Crippen LogP contribution in [0.2, 0.25) is 0 Å². The van der Waals surface area contributed by atoms with Gasteiger partial charge >= 0.3 is 0 Å². The summed E-state index contributed by atoms with van der Waals surface area (Å²) in [4.78, 5) is 14.4. The van der Waals surface area contributed by atoms with Crippen molar-refractivity contribution in [1.29, 1.82) is 0 Å². The van der Waals surface area contributed by atoms with Crippen molar-refractivity contribution < 1.29 is 23.7 Å². The van der Waals surface area contributed by atoms with Gasteiger partial charge in [0.05, 0.1) is 27.9 Å². The summed E-state index contributed by atoms with van der Waals surface area (Å²) in [5, 5.41) is 7.75. The molecule has 1 fully saturated rings. The van der Waals surface area contributed by atoms with Crippen LogP contribution in [0.1, 0.15) is 18.4 Å². The first-order chi connectivity index (χ1) is 14.1. The van der Waals surface area contributed by atoms with E-state index in [4.69, 9.17) is 18.9 Å². The van der Waals surface area contributed by atoms with Crippen LogP contribution >= 0.6 is 0 Å². The van der Waals surface area contributed by atoms with Gasteiger partial charge in [-0.25, -0.2) is 0 Å². The van der Waals surface area contributed by atoms with Gasteiger partial charge in [0.2, 0.25) is 17.5 Å². The average molecular weight is 399 g/mol. The van der Waals surface area contributed by atoms with E-state index >= 15 is 0 Å². The second kappa shape index (κ2) is 9.77. The molecule has 8 heteroatoms. The summed E-state index contributed by atoms with van der Waals surface area (Å²) < 4.78 is 21.9. The Morgan fingerprint density at radius 1 is 1.17 bits per heavy atom. The minimum Gasteiger partial charge on any atom is -0.493 e. The molecule has 0 bridgehead atoms. The summed E-state index contributed by atoms with van der Waals surface area (Å²) >= 11 is 0. The Morgan fingerprint density at radius 2 is 1.93 bits per heavy atom. The number of likely N-dealkylation sites (tertiary alicyclic amines) is 1. The maximum absolute atomic E-state index is 12.7. The fraction of sp³-hybridized carbons (Fsp3) is 0.381. The molecule has 29 heavy (non-hydrogen) atoms. The number of ether oxygens (including phenoxy) is 4. The first-order valence-corrected chi connectivity index (χ1v) is 9.36. The molecular weight excluding hydrogens is 374 g/mol. The molecule has 1 aromatic heterocycles. The van der Waals surface area contributed by atoms with Crippen molar-refractivity contribution in [2.75, 3.05) is 34.4 Å². The molecule has 0 spiro atoms.